The van der Waals surface area contributed by atoms with E-state index in [4.69, 9.17) is 0 Å². The Bertz CT molecular complexity index is 129. The fourth-order valence-electron chi connectivity index (χ4n) is 0.608. The van der Waals surface area contributed by atoms with Gasteiger partial charge in [0.2, 0.25) is 0 Å². The van der Waals surface area contributed by atoms with Crippen LogP contribution in [0.15, 0.2) is 6.58 Å². The Labute approximate surface area is 96.7 Å². The summed E-state index contributed by atoms with van der Waals surface area (Å²) < 4.78 is 4.41. The molecule has 1 radical (unpaired) electrons. The molecule has 0 N–H and O–H groups in total. The van der Waals surface area contributed by atoms with Gasteiger partial charge in [0.05, 0.1) is 0 Å². The van der Waals surface area contributed by atoms with Crippen LogP contribution in [0.25, 0.3) is 0 Å². The van der Waals surface area contributed by atoms with E-state index in [1.165, 1.54) is 4.90 Å². The topological polar surface area (TPSA) is 29.5 Å². The molecule has 67 valence electrons. The molecule has 0 aromatic heterocycles. The number of hydrogen-bond donors (Lipinski definition) is 0. The maximum Gasteiger partial charge on any atom is 0.415 e. The first kappa shape index (κ1) is 18.0. The average molecular weight is 287 g/mol. The van der Waals surface area contributed by atoms with E-state index in [1.54, 1.807) is 0 Å². The molecule has 12 heavy (non-hydrogen) atoms. The van der Waals surface area contributed by atoms with Crippen molar-refractivity contribution in [2.75, 3.05) is 13.1 Å². The van der Waals surface area contributed by atoms with Crippen LogP contribution in [0, 0.1) is 6.26 Å². The van der Waals surface area contributed by atoms with E-state index in [0.29, 0.717) is 13.1 Å². The van der Waals surface area contributed by atoms with Gasteiger partial charge < -0.3 is 26.6 Å². The summed E-state index contributed by atoms with van der Waals surface area (Å²) in [6, 6.07) is 0. The fraction of sp³-hybridized carbons (Fsp3) is 0.571. The number of ether oxygens (including phenoxy) is 1. The summed E-state index contributed by atoms with van der Waals surface area (Å²) in [6.45, 7) is 8.22. The van der Waals surface area contributed by atoms with Crippen molar-refractivity contribution in [1.82, 2.24) is 4.90 Å². The van der Waals surface area contributed by atoms with Gasteiger partial charge in [0, 0.05) is 32.6 Å². The average Bonchev–Trinajstić information content (AvgIpc) is 1.91. The largest absolute Gasteiger partial charge is 1.00 e. The van der Waals surface area contributed by atoms with E-state index < -0.39 is 0 Å². The van der Waals surface area contributed by atoms with E-state index in [0.717, 1.165) is 0 Å². The van der Waals surface area contributed by atoms with Crippen LogP contribution in [-0.4, -0.2) is 24.1 Å². The SMILES string of the molecule is C=[C]OC(=O)N(CC)CC.[Br-].[Zn]. The van der Waals surface area contributed by atoms with Crippen LogP contribution in [0.3, 0.4) is 0 Å². The summed E-state index contributed by atoms with van der Waals surface area (Å²) in [5.74, 6) is 0. The molecule has 0 saturated heterocycles. The van der Waals surface area contributed by atoms with E-state index in [2.05, 4.69) is 17.6 Å². The number of nitrogens with zero attached hydrogens (tertiary/aromatic N) is 1. The molecule has 0 aliphatic carbocycles. The first-order chi connectivity index (χ1) is 4.76. The maximum absolute atomic E-state index is 10.8. The summed E-state index contributed by atoms with van der Waals surface area (Å²) in [5, 5.41) is 0. The standard InChI is InChI=1S/C7H12NO2.BrH.Zn/c1-4-8(5-2)7(9)10-6-3;;/h3-5H2,1-2H3;1H;/p-1. The Balaban J connectivity index is -0.000000405. The van der Waals surface area contributed by atoms with Crippen LogP contribution in [0.4, 0.5) is 4.79 Å². The predicted molar refractivity (Wildman–Crippen MR) is 38.3 cm³/mol. The zero-order valence-electron chi connectivity index (χ0n) is 7.47. The van der Waals surface area contributed by atoms with Crippen LogP contribution < -0.4 is 17.0 Å². The van der Waals surface area contributed by atoms with Crippen LogP contribution in [0.2, 0.25) is 0 Å². The monoisotopic (exact) mass is 285 g/mol. The molecule has 0 heterocycles. The molecular formula is C7H12BrNO2Zn-. The molecule has 0 fully saturated rings. The molecule has 0 aromatic carbocycles. The summed E-state index contributed by atoms with van der Waals surface area (Å²) in [7, 11) is 0. The summed E-state index contributed by atoms with van der Waals surface area (Å²) in [6.07, 6.45) is 1.69. The molecule has 1 amide bonds. The summed E-state index contributed by atoms with van der Waals surface area (Å²) in [5.41, 5.74) is 0. The van der Waals surface area contributed by atoms with Crippen molar-refractivity contribution < 1.29 is 46.0 Å². The molecule has 0 rings (SSSR count). The van der Waals surface area contributed by atoms with Crippen molar-refractivity contribution in [3.05, 3.63) is 12.8 Å². The Morgan fingerprint density at radius 1 is 1.50 bits per heavy atom. The minimum Gasteiger partial charge on any atom is -1.00 e. The van der Waals surface area contributed by atoms with Crippen LogP contribution in [0.1, 0.15) is 13.8 Å². The van der Waals surface area contributed by atoms with Crippen LogP contribution >= 0.6 is 0 Å². The van der Waals surface area contributed by atoms with Gasteiger partial charge in [-0.05, 0) is 13.8 Å². The molecule has 0 bridgehead atoms. The van der Waals surface area contributed by atoms with Crippen molar-refractivity contribution in [1.29, 1.82) is 0 Å². The quantitative estimate of drug-likeness (QED) is 0.463. The smallest absolute Gasteiger partial charge is 0.415 e. The van der Waals surface area contributed by atoms with E-state index >= 15 is 0 Å². The summed E-state index contributed by atoms with van der Waals surface area (Å²) >= 11 is 0. The second kappa shape index (κ2) is 11.1. The third kappa shape index (κ3) is 6.80. The second-order valence-electron chi connectivity index (χ2n) is 1.68. The molecule has 0 spiro atoms. The molecule has 0 aromatic rings. The molecule has 0 atom stereocenters. The molecule has 0 aliphatic rings. The van der Waals surface area contributed by atoms with Crippen molar-refractivity contribution >= 4 is 6.09 Å². The molecule has 0 aliphatic heterocycles. The Morgan fingerprint density at radius 2 is 1.92 bits per heavy atom. The molecular weight excluding hydrogens is 275 g/mol. The number of halogens is 1. The third-order valence-electron chi connectivity index (χ3n) is 1.18. The van der Waals surface area contributed by atoms with Gasteiger partial charge >= 0.3 is 6.09 Å². The van der Waals surface area contributed by atoms with Gasteiger partial charge in [0.25, 0.3) is 0 Å². The van der Waals surface area contributed by atoms with Crippen molar-refractivity contribution in [3.8, 4) is 0 Å². The van der Waals surface area contributed by atoms with Gasteiger partial charge in [-0.1, -0.05) is 6.58 Å². The van der Waals surface area contributed by atoms with Gasteiger partial charge in [-0.15, -0.1) is 0 Å². The Hall–Kier alpha value is 0.113. The third-order valence-corrected chi connectivity index (χ3v) is 1.18. The van der Waals surface area contributed by atoms with Crippen molar-refractivity contribution in [3.63, 3.8) is 0 Å². The predicted octanol–water partition coefficient (Wildman–Crippen LogP) is -1.59. The van der Waals surface area contributed by atoms with E-state index in [1.807, 2.05) is 13.8 Å². The fourth-order valence-corrected chi connectivity index (χ4v) is 0.608. The number of amides is 1. The van der Waals surface area contributed by atoms with Crippen LogP contribution in [-0.2, 0) is 24.2 Å². The number of carbonyl (C=O) groups is 1. The first-order valence-corrected chi connectivity index (χ1v) is 3.24. The molecule has 0 unspecified atom stereocenters. The normalized spacial score (nSPS) is 7.17. The second-order valence-corrected chi connectivity index (χ2v) is 1.68. The van der Waals surface area contributed by atoms with E-state index in [9.17, 15) is 4.79 Å². The summed E-state index contributed by atoms with van der Waals surface area (Å²) in [4.78, 5) is 12.3. The molecule has 0 saturated carbocycles. The van der Waals surface area contributed by atoms with Gasteiger partial charge in [-0.2, -0.15) is 0 Å². The van der Waals surface area contributed by atoms with Crippen molar-refractivity contribution in [2.45, 2.75) is 13.8 Å². The number of carbonyl (C=O) groups excluding carboxylic acids is 1. The number of rotatable bonds is 3. The maximum atomic E-state index is 10.8. The van der Waals surface area contributed by atoms with Crippen molar-refractivity contribution in [2.24, 2.45) is 0 Å². The van der Waals surface area contributed by atoms with Gasteiger partial charge in [-0.25, -0.2) is 4.79 Å². The van der Waals surface area contributed by atoms with E-state index in [-0.39, 0.29) is 42.6 Å². The number of hydrogen-bond acceptors (Lipinski definition) is 2. The Kier molecular flexibility index (Phi) is 16.7. The Morgan fingerprint density at radius 3 is 2.17 bits per heavy atom. The van der Waals surface area contributed by atoms with Gasteiger partial charge in [0.15, 0.2) is 6.26 Å². The van der Waals surface area contributed by atoms with Gasteiger partial charge in [0.1, 0.15) is 0 Å². The zero-order valence-corrected chi connectivity index (χ0v) is 12.0. The molecule has 3 nitrogen and oxygen atoms in total. The minimum atomic E-state index is -0.389. The van der Waals surface area contributed by atoms with Gasteiger partial charge in [-0.3, -0.25) is 0 Å². The van der Waals surface area contributed by atoms with Crippen LogP contribution in [0.5, 0.6) is 0 Å². The first-order valence-electron chi connectivity index (χ1n) is 3.24. The minimum absolute atomic E-state index is 0. The molecule has 5 heteroatoms. The zero-order chi connectivity index (χ0) is 7.98.